The van der Waals surface area contributed by atoms with Crippen molar-refractivity contribution in [3.05, 3.63) is 40.3 Å². The van der Waals surface area contributed by atoms with Crippen LogP contribution in [0.4, 0.5) is 0 Å². The number of rotatable bonds is 7. The summed E-state index contributed by atoms with van der Waals surface area (Å²) >= 11 is 0. The van der Waals surface area contributed by atoms with Gasteiger partial charge in [0.25, 0.3) is 0 Å². The zero-order valence-corrected chi connectivity index (χ0v) is 10.7. The van der Waals surface area contributed by atoms with Crippen LogP contribution in [0.3, 0.4) is 0 Å². The van der Waals surface area contributed by atoms with Gasteiger partial charge in [-0.25, -0.2) is 0 Å². The molecule has 4 N–H and O–H groups in total. The van der Waals surface area contributed by atoms with Crippen LogP contribution in [0.15, 0.2) is 29.4 Å². The number of phenolic OH excluding ortho intramolecular Hbond substituents is 1. The molecule has 1 unspecified atom stereocenters. The third-order valence-corrected chi connectivity index (χ3v) is 3.01. The van der Waals surface area contributed by atoms with Gasteiger partial charge < -0.3 is 10.8 Å². The Morgan fingerprint density at radius 2 is 2.16 bits per heavy atom. The lowest BCUT2D eigenvalue weighted by atomic mass is 9.86. The Kier molecular flexibility index (Phi) is 5.17. The van der Waals surface area contributed by atoms with E-state index in [1.165, 1.54) is 12.1 Å². The van der Waals surface area contributed by atoms with Crippen molar-refractivity contribution in [3.8, 4) is 5.75 Å². The average molecular weight is 263 g/mol. The number of nitrogens with two attached hydrogens (primary N) is 1. The van der Waals surface area contributed by atoms with Crippen molar-refractivity contribution < 1.29 is 9.90 Å². The summed E-state index contributed by atoms with van der Waals surface area (Å²) in [5.41, 5.74) is 13.4. The van der Waals surface area contributed by atoms with E-state index in [9.17, 15) is 9.90 Å². The maximum atomic E-state index is 11.8. The fourth-order valence-corrected chi connectivity index (χ4v) is 1.94. The first-order valence-corrected chi connectivity index (χ1v) is 5.92. The van der Waals surface area contributed by atoms with Gasteiger partial charge in [-0.15, -0.1) is 0 Å². The van der Waals surface area contributed by atoms with Gasteiger partial charge in [0.05, 0.1) is 0 Å². The van der Waals surface area contributed by atoms with Crippen LogP contribution in [-0.4, -0.2) is 24.1 Å². The van der Waals surface area contributed by atoms with Gasteiger partial charge in [-0.3, -0.25) is 10.1 Å². The lowest BCUT2D eigenvalue weighted by Crippen LogP contribution is -2.53. The molecule has 1 aromatic rings. The zero-order chi connectivity index (χ0) is 14.3. The van der Waals surface area contributed by atoms with Crippen LogP contribution in [-0.2, 0) is 10.3 Å². The fourth-order valence-electron chi connectivity index (χ4n) is 1.94. The topological polar surface area (TPSA) is 124 Å². The van der Waals surface area contributed by atoms with Crippen LogP contribution >= 0.6 is 0 Å². The van der Waals surface area contributed by atoms with E-state index in [0.29, 0.717) is 18.5 Å². The van der Waals surface area contributed by atoms with E-state index in [2.05, 4.69) is 15.3 Å². The summed E-state index contributed by atoms with van der Waals surface area (Å²) in [5.74, 6) is -0.395. The Bertz CT molecular complexity index is 481. The third-order valence-electron chi connectivity index (χ3n) is 3.01. The first kappa shape index (κ1) is 14.8. The van der Waals surface area contributed by atoms with Crippen molar-refractivity contribution >= 4 is 5.91 Å². The molecule has 1 rings (SSSR count). The number of benzene rings is 1. The summed E-state index contributed by atoms with van der Waals surface area (Å²) in [4.78, 5) is 14.4. The molecule has 102 valence electrons. The van der Waals surface area contributed by atoms with E-state index in [4.69, 9.17) is 11.3 Å². The minimum Gasteiger partial charge on any atom is -0.508 e. The number of hydrogen-bond acceptors (Lipinski definition) is 4. The lowest BCUT2D eigenvalue weighted by Gasteiger charge is -2.31. The summed E-state index contributed by atoms with van der Waals surface area (Å²) in [7, 11) is 0. The first-order chi connectivity index (χ1) is 9.06. The highest BCUT2D eigenvalue weighted by Gasteiger charge is 2.35. The number of azide groups is 1. The van der Waals surface area contributed by atoms with Crippen molar-refractivity contribution in [1.29, 1.82) is 0 Å². The molecular weight excluding hydrogens is 246 g/mol. The van der Waals surface area contributed by atoms with Crippen LogP contribution in [0.25, 0.3) is 10.4 Å². The van der Waals surface area contributed by atoms with Gasteiger partial charge in [0.1, 0.15) is 11.3 Å². The highest BCUT2D eigenvalue weighted by atomic mass is 16.3. The second-order valence-corrected chi connectivity index (χ2v) is 4.05. The smallest absolute Gasteiger partial charge is 0.242 e. The Balaban J connectivity index is 3.01. The quantitative estimate of drug-likeness (QED) is 0.298. The number of aromatic hydroxyl groups is 1. The molecule has 0 aliphatic carbocycles. The molecule has 19 heavy (non-hydrogen) atoms. The Morgan fingerprint density at radius 3 is 2.63 bits per heavy atom. The lowest BCUT2D eigenvalue weighted by molar-refractivity contribution is -0.125. The minimum atomic E-state index is -1.03. The monoisotopic (exact) mass is 263 g/mol. The maximum Gasteiger partial charge on any atom is 0.242 e. The number of phenols is 1. The van der Waals surface area contributed by atoms with Crippen LogP contribution in [0.1, 0.15) is 18.9 Å². The molecular formula is C12H17N5O2. The van der Waals surface area contributed by atoms with E-state index < -0.39 is 11.4 Å². The molecule has 1 aromatic carbocycles. The molecule has 0 saturated heterocycles. The molecule has 1 atom stereocenters. The minimum absolute atomic E-state index is 0.118. The molecule has 0 aromatic heterocycles. The van der Waals surface area contributed by atoms with Crippen LogP contribution in [0.5, 0.6) is 5.75 Å². The summed E-state index contributed by atoms with van der Waals surface area (Å²) in [6.07, 6.45) is 0.448. The molecule has 7 nitrogen and oxygen atoms in total. The molecule has 0 heterocycles. The molecule has 0 radical (unpaired) electrons. The van der Waals surface area contributed by atoms with Gasteiger partial charge in [0.15, 0.2) is 0 Å². The molecule has 7 heteroatoms. The molecule has 0 aliphatic rings. The number of hydrogen-bond donors (Lipinski definition) is 3. The van der Waals surface area contributed by atoms with Crippen LogP contribution < -0.4 is 11.1 Å². The van der Waals surface area contributed by atoms with Crippen molar-refractivity contribution in [2.75, 3.05) is 13.1 Å². The van der Waals surface area contributed by atoms with Crippen molar-refractivity contribution in [2.45, 2.75) is 18.9 Å². The van der Waals surface area contributed by atoms with E-state index in [-0.39, 0.29) is 12.3 Å². The van der Waals surface area contributed by atoms with Crippen LogP contribution in [0, 0.1) is 0 Å². The third kappa shape index (κ3) is 3.37. The number of primary amides is 1. The van der Waals surface area contributed by atoms with Gasteiger partial charge in [-0.2, -0.15) is 0 Å². The molecule has 0 aliphatic heterocycles. The van der Waals surface area contributed by atoms with Crippen molar-refractivity contribution in [1.82, 2.24) is 5.32 Å². The van der Waals surface area contributed by atoms with Gasteiger partial charge in [0, 0.05) is 18.0 Å². The van der Waals surface area contributed by atoms with Gasteiger partial charge in [0.2, 0.25) is 5.91 Å². The Morgan fingerprint density at radius 1 is 1.53 bits per heavy atom. The highest BCUT2D eigenvalue weighted by Crippen LogP contribution is 2.26. The zero-order valence-electron chi connectivity index (χ0n) is 10.7. The van der Waals surface area contributed by atoms with E-state index >= 15 is 0 Å². The Labute approximate surface area is 111 Å². The van der Waals surface area contributed by atoms with Gasteiger partial charge in [-0.1, -0.05) is 24.2 Å². The summed E-state index contributed by atoms with van der Waals surface area (Å²) in [6, 6.07) is 6.28. The summed E-state index contributed by atoms with van der Waals surface area (Å²) in [6.45, 7) is 2.39. The number of carbonyl (C=O) groups excluding carboxylic acids is 1. The SMILES string of the molecule is CCC(NCCN=[N+]=[N-])(C(N)=O)c1ccc(O)cc1. The summed E-state index contributed by atoms with van der Waals surface area (Å²) in [5, 5.41) is 15.7. The highest BCUT2D eigenvalue weighted by molar-refractivity contribution is 5.86. The molecule has 0 spiro atoms. The van der Waals surface area contributed by atoms with E-state index in [1.54, 1.807) is 12.1 Å². The van der Waals surface area contributed by atoms with Gasteiger partial charge >= 0.3 is 0 Å². The number of nitrogens with zero attached hydrogens (tertiary/aromatic N) is 3. The average Bonchev–Trinajstić information content (AvgIpc) is 2.40. The normalized spacial score (nSPS) is 13.3. The predicted octanol–water partition coefficient (Wildman–Crippen LogP) is 1.38. The van der Waals surface area contributed by atoms with Crippen molar-refractivity contribution in [2.24, 2.45) is 10.8 Å². The molecule has 1 amide bonds. The molecule has 0 bridgehead atoms. The molecule has 0 saturated carbocycles. The number of amides is 1. The number of carbonyl (C=O) groups is 1. The standard InChI is InChI=1S/C12H17N5O2/c1-2-12(11(13)19,15-7-8-16-17-14)9-3-5-10(18)6-4-9/h3-6,15,18H,2,7-8H2,1H3,(H2,13,19). The van der Waals surface area contributed by atoms with E-state index in [1.807, 2.05) is 6.92 Å². The predicted molar refractivity (Wildman–Crippen MR) is 71.3 cm³/mol. The number of nitrogens with one attached hydrogen (secondary N) is 1. The second-order valence-electron chi connectivity index (χ2n) is 4.05. The Hall–Kier alpha value is -2.24. The van der Waals surface area contributed by atoms with Crippen LogP contribution in [0.2, 0.25) is 0 Å². The van der Waals surface area contributed by atoms with Crippen molar-refractivity contribution in [3.63, 3.8) is 0 Å². The molecule has 0 fully saturated rings. The van der Waals surface area contributed by atoms with Gasteiger partial charge in [-0.05, 0) is 29.6 Å². The second kappa shape index (κ2) is 6.63. The summed E-state index contributed by atoms with van der Waals surface area (Å²) < 4.78 is 0. The largest absolute Gasteiger partial charge is 0.508 e. The first-order valence-electron chi connectivity index (χ1n) is 5.92. The van der Waals surface area contributed by atoms with E-state index in [0.717, 1.165) is 0 Å². The maximum absolute atomic E-state index is 11.8. The fraction of sp³-hybridized carbons (Fsp3) is 0.417.